The molecule has 5 nitrogen and oxygen atoms in total. The molecule has 1 aromatic rings. The van der Waals surface area contributed by atoms with Crippen molar-refractivity contribution in [2.45, 2.75) is 12.8 Å². The largest absolute Gasteiger partial charge is 0.488 e. The Hall–Kier alpha value is -0.110. The number of carboxylic acid groups (broad SMARTS) is 1. The van der Waals surface area contributed by atoms with E-state index in [1.165, 1.54) is 0 Å². The summed E-state index contributed by atoms with van der Waals surface area (Å²) in [6.45, 7) is 0.335. The van der Waals surface area contributed by atoms with Gasteiger partial charge in [-0.15, -0.1) is 0 Å². The van der Waals surface area contributed by atoms with E-state index >= 15 is 0 Å². The van der Waals surface area contributed by atoms with Gasteiger partial charge in [-0.05, 0) is 92.7 Å². The van der Waals surface area contributed by atoms with Crippen LogP contribution in [0.15, 0.2) is 24.3 Å². The third-order valence-electron chi connectivity index (χ3n) is 3.59. The van der Waals surface area contributed by atoms with Gasteiger partial charge in [0.15, 0.2) is 0 Å². The Morgan fingerprint density at radius 2 is 1.62 bits per heavy atom. The number of halogens is 3. The van der Waals surface area contributed by atoms with Crippen LogP contribution in [0.1, 0.15) is 12.8 Å². The lowest BCUT2D eigenvalue weighted by Crippen LogP contribution is -2.33. The summed E-state index contributed by atoms with van der Waals surface area (Å²) in [4.78, 5) is 23.3. The molecule has 0 radical (unpaired) electrons. The lowest BCUT2D eigenvalue weighted by atomic mass is 9.83. The molecule has 2 atom stereocenters. The average Bonchev–Trinajstić information content (AvgIpc) is 2.52. The molecule has 0 unspecified atom stereocenters. The van der Waals surface area contributed by atoms with E-state index < -0.39 is 23.8 Å². The molecule has 24 heavy (non-hydrogen) atoms. The molecule has 0 spiro atoms. The zero-order chi connectivity index (χ0) is 17.7. The van der Waals surface area contributed by atoms with Gasteiger partial charge in [0.05, 0.1) is 19.0 Å². The van der Waals surface area contributed by atoms with E-state index in [2.05, 4.69) is 67.8 Å². The molecule has 2 rings (SSSR count). The quantitative estimate of drug-likeness (QED) is 0.214. The molecule has 0 saturated heterocycles. The second kappa shape index (κ2) is 9.55. The van der Waals surface area contributed by atoms with Crippen molar-refractivity contribution in [1.82, 2.24) is 0 Å². The van der Waals surface area contributed by atoms with Crippen molar-refractivity contribution in [3.05, 3.63) is 35.0 Å². The molecule has 0 aliphatic heterocycles. The van der Waals surface area contributed by atoms with Crippen LogP contribution < -0.4 is 4.74 Å². The molecule has 1 N–H and O–H groups in total. The van der Waals surface area contributed by atoms with E-state index in [9.17, 15) is 14.7 Å². The fourth-order valence-electron chi connectivity index (χ4n) is 2.41. The van der Waals surface area contributed by atoms with Gasteiger partial charge >= 0.3 is 11.9 Å². The van der Waals surface area contributed by atoms with E-state index in [1.54, 1.807) is 6.08 Å². The normalized spacial score (nSPS) is 19.8. The number of carboxylic acids is 1. The second-order valence-electron chi connectivity index (χ2n) is 5.21. The summed E-state index contributed by atoms with van der Waals surface area (Å²) in [6, 6.07) is 4.02. The molecule has 0 bridgehead atoms. The van der Waals surface area contributed by atoms with Crippen LogP contribution in [-0.4, -0.2) is 30.3 Å². The fourth-order valence-corrected chi connectivity index (χ4v) is 6.30. The minimum atomic E-state index is -0.958. The van der Waals surface area contributed by atoms with Gasteiger partial charge in [0.25, 0.3) is 0 Å². The number of allylic oxidation sites excluding steroid dienone is 2. The van der Waals surface area contributed by atoms with Gasteiger partial charge in [0, 0.05) is 3.57 Å². The first-order valence-corrected chi connectivity index (χ1v) is 10.5. The smallest absolute Gasteiger partial charge is 0.310 e. The number of benzene rings is 1. The van der Waals surface area contributed by atoms with E-state index in [0.717, 1.165) is 16.5 Å². The highest BCUT2D eigenvalue weighted by Crippen LogP contribution is 2.30. The van der Waals surface area contributed by atoms with Crippen molar-refractivity contribution in [2.24, 2.45) is 11.8 Å². The number of aliphatic carboxylic acids is 1. The molecular formula is C16H15I3O5. The van der Waals surface area contributed by atoms with E-state index in [0.29, 0.717) is 12.8 Å². The maximum Gasteiger partial charge on any atom is 0.310 e. The van der Waals surface area contributed by atoms with Crippen LogP contribution in [0, 0.1) is 22.5 Å². The van der Waals surface area contributed by atoms with Crippen LogP contribution in [-0.2, 0) is 14.3 Å². The van der Waals surface area contributed by atoms with Gasteiger partial charge in [0.1, 0.15) is 19.0 Å². The molecule has 0 saturated carbocycles. The molecule has 0 aromatic heterocycles. The average molecular weight is 668 g/mol. The molecule has 1 aromatic carbocycles. The van der Waals surface area contributed by atoms with Crippen LogP contribution >= 0.6 is 67.8 Å². The summed E-state index contributed by atoms with van der Waals surface area (Å²) in [5.41, 5.74) is 0. The maximum absolute atomic E-state index is 12.1. The predicted octanol–water partition coefficient (Wildman–Crippen LogP) is 4.09. The van der Waals surface area contributed by atoms with Crippen LogP contribution in [0.25, 0.3) is 0 Å². The molecule has 1 aliphatic rings. The maximum atomic E-state index is 12.1. The zero-order valence-electron chi connectivity index (χ0n) is 12.5. The minimum absolute atomic E-state index is 0.101. The van der Waals surface area contributed by atoms with Crippen LogP contribution in [0.2, 0.25) is 0 Å². The van der Waals surface area contributed by atoms with Gasteiger partial charge in [-0.25, -0.2) is 0 Å². The van der Waals surface area contributed by atoms with Gasteiger partial charge in [-0.2, -0.15) is 0 Å². The van der Waals surface area contributed by atoms with Gasteiger partial charge < -0.3 is 14.6 Å². The van der Waals surface area contributed by atoms with Crippen LogP contribution in [0.4, 0.5) is 0 Å². The number of hydrogen-bond acceptors (Lipinski definition) is 4. The Balaban J connectivity index is 1.85. The van der Waals surface area contributed by atoms with Crippen molar-refractivity contribution >= 4 is 79.7 Å². The van der Waals surface area contributed by atoms with E-state index in [-0.39, 0.29) is 13.2 Å². The Bertz CT molecular complexity index is 636. The van der Waals surface area contributed by atoms with Gasteiger partial charge in [-0.3, -0.25) is 9.59 Å². The first-order chi connectivity index (χ1) is 11.4. The third-order valence-corrected chi connectivity index (χ3v) is 5.81. The molecule has 130 valence electrons. The number of rotatable bonds is 6. The van der Waals surface area contributed by atoms with Crippen LogP contribution in [0.5, 0.6) is 5.75 Å². The monoisotopic (exact) mass is 668 g/mol. The van der Waals surface area contributed by atoms with Crippen molar-refractivity contribution in [2.75, 3.05) is 13.2 Å². The number of ether oxygens (including phenoxy) is 2. The highest BCUT2D eigenvalue weighted by molar-refractivity contribution is 14.1. The summed E-state index contributed by atoms with van der Waals surface area (Å²) in [7, 11) is 0. The minimum Gasteiger partial charge on any atom is -0.488 e. The molecule has 8 heteroatoms. The summed E-state index contributed by atoms with van der Waals surface area (Å²) in [5.74, 6) is -1.98. The summed E-state index contributed by atoms with van der Waals surface area (Å²) in [5, 5.41) is 9.19. The molecular weight excluding hydrogens is 653 g/mol. The lowest BCUT2D eigenvalue weighted by molar-refractivity contribution is -0.158. The zero-order valence-corrected chi connectivity index (χ0v) is 19.0. The highest BCUT2D eigenvalue weighted by atomic mass is 127. The molecule has 0 amide bonds. The van der Waals surface area contributed by atoms with Crippen molar-refractivity contribution in [1.29, 1.82) is 0 Å². The Kier molecular flexibility index (Phi) is 8.04. The standard InChI is InChI=1S/C16H15I3O5/c17-9-7-12(18)14(13(19)8-9)23-5-6-24-16(22)11-4-2-1-3-10(11)15(20)21/h1-2,7-8,10-11H,3-6H2,(H,20,21)/t10-,11+/m1/s1. The number of carbonyl (C=O) groups is 2. The highest BCUT2D eigenvalue weighted by Gasteiger charge is 2.35. The fraction of sp³-hybridized carbons (Fsp3) is 0.375. The topological polar surface area (TPSA) is 72.8 Å². The third kappa shape index (κ3) is 5.44. The summed E-state index contributed by atoms with van der Waals surface area (Å²) < 4.78 is 14.1. The van der Waals surface area contributed by atoms with Crippen LogP contribution in [0.3, 0.4) is 0 Å². The van der Waals surface area contributed by atoms with Crippen molar-refractivity contribution in [3.8, 4) is 5.75 Å². The Labute approximate surface area is 181 Å². The number of esters is 1. The number of carbonyl (C=O) groups excluding carboxylic acids is 1. The lowest BCUT2D eigenvalue weighted by Gasteiger charge is -2.23. The molecule has 0 heterocycles. The van der Waals surface area contributed by atoms with Crippen molar-refractivity contribution in [3.63, 3.8) is 0 Å². The first-order valence-electron chi connectivity index (χ1n) is 7.22. The predicted molar refractivity (Wildman–Crippen MR) is 114 cm³/mol. The SMILES string of the molecule is O=C(OCCOc1c(I)cc(I)cc1I)[C@H]1CC=CC[C@H]1C(=O)O. The Morgan fingerprint density at radius 3 is 2.21 bits per heavy atom. The summed E-state index contributed by atoms with van der Waals surface area (Å²) in [6.07, 6.45) is 4.40. The first kappa shape index (κ1) is 20.2. The van der Waals surface area contributed by atoms with Gasteiger partial charge in [0.2, 0.25) is 0 Å². The molecule has 0 fully saturated rings. The van der Waals surface area contributed by atoms with E-state index in [4.69, 9.17) is 9.47 Å². The Morgan fingerprint density at radius 1 is 1.04 bits per heavy atom. The van der Waals surface area contributed by atoms with E-state index in [1.807, 2.05) is 18.2 Å². The van der Waals surface area contributed by atoms with Gasteiger partial charge in [-0.1, -0.05) is 12.2 Å². The second-order valence-corrected chi connectivity index (χ2v) is 8.78. The summed E-state index contributed by atoms with van der Waals surface area (Å²) >= 11 is 6.66. The molecule has 1 aliphatic carbocycles. The van der Waals surface area contributed by atoms with Crippen molar-refractivity contribution < 1.29 is 24.2 Å². The number of hydrogen-bond donors (Lipinski definition) is 1.